The van der Waals surface area contributed by atoms with Crippen molar-refractivity contribution in [2.75, 3.05) is 19.7 Å². The van der Waals surface area contributed by atoms with E-state index in [1.807, 2.05) is 6.92 Å². The number of halogens is 1. The predicted molar refractivity (Wildman–Crippen MR) is 89.2 cm³/mol. The Hall–Kier alpha value is -0.780. The van der Waals surface area contributed by atoms with E-state index in [4.69, 9.17) is 16.3 Å². The predicted octanol–water partition coefficient (Wildman–Crippen LogP) is 4.00. The molecule has 0 amide bonds. The molecular weight excluding hydrogens is 322 g/mol. The number of rotatable bonds is 7. The standard InChI is InChI=1S/C16H24ClNO3S/c1-3-4-7-10-21-15-11-13(2)14(17)12-16(15)22(19,20)18-8-5-6-9-18/h11-12H,3-10H2,1-2H3. The molecule has 0 radical (unpaired) electrons. The van der Waals surface area contributed by atoms with Crippen molar-refractivity contribution in [1.82, 2.24) is 4.31 Å². The number of nitrogens with zero attached hydrogens (tertiary/aromatic N) is 1. The summed E-state index contributed by atoms with van der Waals surface area (Å²) in [5, 5.41) is 0.457. The highest BCUT2D eigenvalue weighted by molar-refractivity contribution is 7.89. The lowest BCUT2D eigenvalue weighted by Gasteiger charge is -2.19. The van der Waals surface area contributed by atoms with Crippen molar-refractivity contribution in [2.24, 2.45) is 0 Å². The van der Waals surface area contributed by atoms with Crippen molar-refractivity contribution in [3.63, 3.8) is 0 Å². The third-order valence-corrected chi connectivity index (χ3v) is 6.24. The van der Waals surface area contributed by atoms with E-state index in [-0.39, 0.29) is 4.90 Å². The summed E-state index contributed by atoms with van der Waals surface area (Å²) in [7, 11) is -3.53. The zero-order valence-corrected chi connectivity index (χ0v) is 14.8. The van der Waals surface area contributed by atoms with Gasteiger partial charge in [-0.1, -0.05) is 31.4 Å². The molecule has 1 aromatic carbocycles. The number of unbranched alkanes of at least 4 members (excludes halogenated alkanes) is 2. The molecule has 0 N–H and O–H groups in total. The van der Waals surface area contributed by atoms with Gasteiger partial charge in [0.25, 0.3) is 0 Å². The zero-order chi connectivity index (χ0) is 16.2. The monoisotopic (exact) mass is 345 g/mol. The highest BCUT2D eigenvalue weighted by atomic mass is 35.5. The van der Waals surface area contributed by atoms with Gasteiger partial charge in [-0.3, -0.25) is 0 Å². The van der Waals surface area contributed by atoms with E-state index in [1.54, 1.807) is 6.07 Å². The van der Waals surface area contributed by atoms with Crippen LogP contribution in [0.25, 0.3) is 0 Å². The Kier molecular flexibility index (Phi) is 6.12. The smallest absolute Gasteiger partial charge is 0.246 e. The highest BCUT2D eigenvalue weighted by Gasteiger charge is 2.30. The summed E-state index contributed by atoms with van der Waals surface area (Å²) in [5.74, 6) is 0.421. The summed E-state index contributed by atoms with van der Waals surface area (Å²) in [6, 6.07) is 3.26. The van der Waals surface area contributed by atoms with Gasteiger partial charge < -0.3 is 4.74 Å². The first-order valence-corrected chi connectivity index (χ1v) is 9.71. The second-order valence-electron chi connectivity index (χ2n) is 5.71. The summed E-state index contributed by atoms with van der Waals surface area (Å²) in [4.78, 5) is 0.196. The van der Waals surface area contributed by atoms with Crippen molar-refractivity contribution in [1.29, 1.82) is 0 Å². The van der Waals surface area contributed by atoms with Gasteiger partial charge in [-0.2, -0.15) is 4.31 Å². The first-order chi connectivity index (χ1) is 10.5. The first kappa shape index (κ1) is 17.6. The fourth-order valence-corrected chi connectivity index (χ4v) is 4.44. The molecule has 4 nitrogen and oxygen atoms in total. The largest absolute Gasteiger partial charge is 0.492 e. The van der Waals surface area contributed by atoms with Crippen molar-refractivity contribution < 1.29 is 13.2 Å². The fourth-order valence-electron chi connectivity index (χ4n) is 2.55. The van der Waals surface area contributed by atoms with E-state index >= 15 is 0 Å². The molecule has 1 aromatic rings. The van der Waals surface area contributed by atoms with Gasteiger partial charge in [0.1, 0.15) is 10.6 Å². The number of aryl methyl sites for hydroxylation is 1. The molecule has 0 saturated carbocycles. The van der Waals surface area contributed by atoms with Crippen LogP contribution in [-0.4, -0.2) is 32.4 Å². The van der Waals surface area contributed by atoms with Crippen molar-refractivity contribution >= 4 is 21.6 Å². The van der Waals surface area contributed by atoms with E-state index in [9.17, 15) is 8.42 Å². The molecule has 1 saturated heterocycles. The molecule has 0 aromatic heterocycles. The minimum atomic E-state index is -3.53. The van der Waals surface area contributed by atoms with Crippen LogP contribution >= 0.6 is 11.6 Å². The molecule has 1 fully saturated rings. The Balaban J connectivity index is 2.29. The Morgan fingerprint density at radius 2 is 1.91 bits per heavy atom. The van der Waals surface area contributed by atoms with Crippen LogP contribution in [0.1, 0.15) is 44.6 Å². The SMILES string of the molecule is CCCCCOc1cc(C)c(Cl)cc1S(=O)(=O)N1CCCC1. The van der Waals surface area contributed by atoms with Gasteiger partial charge in [0.2, 0.25) is 10.0 Å². The quantitative estimate of drug-likeness (QED) is 0.702. The van der Waals surface area contributed by atoms with Gasteiger partial charge >= 0.3 is 0 Å². The maximum absolute atomic E-state index is 12.8. The number of hydrogen-bond donors (Lipinski definition) is 0. The molecule has 1 aliphatic rings. The van der Waals surface area contributed by atoms with E-state index < -0.39 is 10.0 Å². The molecule has 0 spiro atoms. The van der Waals surface area contributed by atoms with Crippen LogP contribution in [0.4, 0.5) is 0 Å². The van der Waals surface area contributed by atoms with Gasteiger partial charge in [-0.05, 0) is 43.9 Å². The molecule has 0 unspecified atom stereocenters. The number of ether oxygens (including phenoxy) is 1. The summed E-state index contributed by atoms with van der Waals surface area (Å²) in [6.45, 7) is 5.65. The molecule has 124 valence electrons. The highest BCUT2D eigenvalue weighted by Crippen LogP contribution is 2.33. The lowest BCUT2D eigenvalue weighted by atomic mass is 10.2. The minimum Gasteiger partial charge on any atom is -0.492 e. The lowest BCUT2D eigenvalue weighted by Crippen LogP contribution is -2.28. The average molecular weight is 346 g/mol. The van der Waals surface area contributed by atoms with E-state index in [0.29, 0.717) is 30.5 Å². The normalized spacial score (nSPS) is 16.1. The van der Waals surface area contributed by atoms with Gasteiger partial charge in [0.15, 0.2) is 0 Å². The second-order valence-corrected chi connectivity index (χ2v) is 8.03. The molecule has 6 heteroatoms. The molecular formula is C16H24ClNO3S. The summed E-state index contributed by atoms with van der Waals surface area (Å²) in [6.07, 6.45) is 4.90. The lowest BCUT2D eigenvalue weighted by molar-refractivity contribution is 0.297. The van der Waals surface area contributed by atoms with E-state index in [1.165, 1.54) is 10.4 Å². The minimum absolute atomic E-state index is 0.196. The third kappa shape index (κ3) is 3.94. The molecule has 0 bridgehead atoms. The number of hydrogen-bond acceptors (Lipinski definition) is 3. The zero-order valence-electron chi connectivity index (χ0n) is 13.3. The van der Waals surface area contributed by atoms with Crippen molar-refractivity contribution in [3.8, 4) is 5.75 Å². The molecule has 2 rings (SSSR count). The molecule has 1 aliphatic heterocycles. The van der Waals surface area contributed by atoms with Crippen molar-refractivity contribution in [3.05, 3.63) is 22.7 Å². The Bertz CT molecular complexity index is 610. The van der Waals surface area contributed by atoms with Crippen molar-refractivity contribution in [2.45, 2.75) is 50.8 Å². The van der Waals surface area contributed by atoms with Gasteiger partial charge in [-0.25, -0.2) is 8.42 Å². The maximum atomic E-state index is 12.8. The topological polar surface area (TPSA) is 46.6 Å². The third-order valence-electron chi connectivity index (χ3n) is 3.91. The Morgan fingerprint density at radius 3 is 2.55 bits per heavy atom. The summed E-state index contributed by atoms with van der Waals surface area (Å²) >= 11 is 6.14. The average Bonchev–Trinajstić information content (AvgIpc) is 3.01. The van der Waals surface area contributed by atoms with Crippen LogP contribution in [0.5, 0.6) is 5.75 Å². The summed E-state index contributed by atoms with van der Waals surface area (Å²) < 4.78 is 32.9. The van der Waals surface area contributed by atoms with Gasteiger partial charge in [-0.15, -0.1) is 0 Å². The van der Waals surface area contributed by atoms with E-state index in [0.717, 1.165) is 37.7 Å². The molecule has 22 heavy (non-hydrogen) atoms. The first-order valence-electron chi connectivity index (χ1n) is 7.90. The number of sulfonamides is 1. The van der Waals surface area contributed by atoms with Crippen LogP contribution in [0.3, 0.4) is 0 Å². The Labute approximate surface area is 138 Å². The van der Waals surface area contributed by atoms with E-state index in [2.05, 4.69) is 6.92 Å². The Morgan fingerprint density at radius 1 is 1.23 bits per heavy atom. The van der Waals surface area contributed by atoms with Crippen LogP contribution in [0, 0.1) is 6.92 Å². The second kappa shape index (κ2) is 7.66. The fraction of sp³-hybridized carbons (Fsp3) is 0.625. The van der Waals surface area contributed by atoms with Crippen LogP contribution in [0.2, 0.25) is 5.02 Å². The van der Waals surface area contributed by atoms with Crippen LogP contribution in [0.15, 0.2) is 17.0 Å². The summed E-state index contributed by atoms with van der Waals surface area (Å²) in [5.41, 5.74) is 0.826. The molecule has 1 heterocycles. The van der Waals surface area contributed by atoms with Gasteiger partial charge in [0.05, 0.1) is 6.61 Å². The number of benzene rings is 1. The van der Waals surface area contributed by atoms with Crippen LogP contribution in [-0.2, 0) is 10.0 Å². The maximum Gasteiger partial charge on any atom is 0.246 e. The van der Waals surface area contributed by atoms with Crippen LogP contribution < -0.4 is 4.74 Å². The molecule has 0 atom stereocenters. The molecule has 0 aliphatic carbocycles. The van der Waals surface area contributed by atoms with Gasteiger partial charge in [0, 0.05) is 18.1 Å².